The minimum absolute atomic E-state index is 0.104. The van der Waals surface area contributed by atoms with Crippen molar-refractivity contribution in [1.82, 2.24) is 5.32 Å². The van der Waals surface area contributed by atoms with Crippen LogP contribution in [0.2, 0.25) is 0 Å². The first kappa shape index (κ1) is 23.8. The number of hydrogen-bond donors (Lipinski definition) is 2. The molecule has 1 unspecified atom stereocenters. The Kier molecular flexibility index (Phi) is 7.26. The van der Waals surface area contributed by atoms with Crippen LogP contribution in [0.25, 0.3) is 11.1 Å². The quantitative estimate of drug-likeness (QED) is 0.446. The van der Waals surface area contributed by atoms with Crippen LogP contribution in [0.3, 0.4) is 0 Å². The maximum absolute atomic E-state index is 13.2. The number of para-hydroxylation sites is 1. The second-order valence-corrected chi connectivity index (χ2v) is 8.20. The van der Waals surface area contributed by atoms with Crippen molar-refractivity contribution in [1.29, 1.82) is 0 Å². The monoisotopic (exact) mass is 470 g/mol. The van der Waals surface area contributed by atoms with Crippen molar-refractivity contribution >= 4 is 23.7 Å². The van der Waals surface area contributed by atoms with Crippen molar-refractivity contribution in [2.24, 2.45) is 0 Å². The summed E-state index contributed by atoms with van der Waals surface area (Å²) in [5.41, 5.74) is 4.81. The molecule has 0 saturated carbocycles. The Hall–Kier alpha value is -4.39. The molecular weight excluding hydrogens is 444 g/mol. The Morgan fingerprint density at radius 2 is 1.51 bits per heavy atom. The van der Waals surface area contributed by atoms with Crippen LogP contribution in [-0.2, 0) is 14.3 Å². The molecule has 0 fully saturated rings. The minimum atomic E-state index is -1.17. The number of amides is 2. The van der Waals surface area contributed by atoms with E-state index in [4.69, 9.17) is 4.74 Å². The molecule has 3 aromatic carbocycles. The van der Waals surface area contributed by atoms with Crippen LogP contribution in [0.15, 0.2) is 91.5 Å². The molecule has 0 heterocycles. The van der Waals surface area contributed by atoms with E-state index in [0.29, 0.717) is 5.69 Å². The van der Waals surface area contributed by atoms with E-state index in [-0.39, 0.29) is 18.9 Å². The number of carbonyl (C=O) groups is 3. The third-order valence-corrected chi connectivity index (χ3v) is 5.96. The molecule has 1 aliphatic rings. The average Bonchev–Trinajstić information content (AvgIpc) is 3.19. The molecule has 0 bridgehead atoms. The predicted molar refractivity (Wildman–Crippen MR) is 133 cm³/mol. The topological polar surface area (TPSA) is 95.9 Å². The maximum atomic E-state index is 13.2. The fraction of sp³-hybridized carbons (Fsp3) is 0.179. The summed E-state index contributed by atoms with van der Waals surface area (Å²) in [6.07, 6.45) is 0.859. The van der Waals surface area contributed by atoms with Crippen molar-refractivity contribution in [3.05, 3.63) is 103 Å². The molecule has 4 rings (SSSR count). The largest absolute Gasteiger partial charge is 0.480 e. The number of rotatable bonds is 9. The first-order valence-corrected chi connectivity index (χ1v) is 11.3. The van der Waals surface area contributed by atoms with Gasteiger partial charge in [-0.15, -0.1) is 6.58 Å². The van der Waals surface area contributed by atoms with Crippen LogP contribution in [0, 0.1) is 0 Å². The van der Waals surface area contributed by atoms with Crippen LogP contribution in [0.5, 0.6) is 0 Å². The lowest BCUT2D eigenvalue weighted by Gasteiger charge is -2.26. The van der Waals surface area contributed by atoms with E-state index in [9.17, 15) is 19.5 Å². The van der Waals surface area contributed by atoms with Gasteiger partial charge in [0.05, 0.1) is 0 Å². The zero-order chi connectivity index (χ0) is 24.8. The van der Waals surface area contributed by atoms with Gasteiger partial charge in [-0.05, 0) is 40.8 Å². The molecule has 2 N–H and O–H groups in total. The number of carbonyl (C=O) groups excluding carboxylic acids is 2. The number of alkyl carbamates (subject to hydrolysis) is 1. The fourth-order valence-electron chi connectivity index (χ4n) is 4.40. The molecule has 3 aromatic rings. The van der Waals surface area contributed by atoms with E-state index in [1.165, 1.54) is 6.08 Å². The van der Waals surface area contributed by atoms with Gasteiger partial charge >= 0.3 is 12.1 Å². The van der Waals surface area contributed by atoms with Gasteiger partial charge in [-0.1, -0.05) is 72.8 Å². The highest BCUT2D eigenvalue weighted by Crippen LogP contribution is 2.44. The zero-order valence-corrected chi connectivity index (χ0v) is 19.1. The van der Waals surface area contributed by atoms with Crippen LogP contribution < -0.4 is 10.2 Å². The highest BCUT2D eigenvalue weighted by atomic mass is 16.5. The van der Waals surface area contributed by atoms with Gasteiger partial charge < -0.3 is 15.2 Å². The molecule has 0 radical (unpaired) electrons. The van der Waals surface area contributed by atoms with Crippen LogP contribution in [-0.4, -0.2) is 42.3 Å². The summed E-state index contributed by atoms with van der Waals surface area (Å²) in [7, 11) is 0. The van der Waals surface area contributed by atoms with Gasteiger partial charge in [0.25, 0.3) is 5.91 Å². The molecule has 35 heavy (non-hydrogen) atoms. The van der Waals surface area contributed by atoms with E-state index < -0.39 is 30.6 Å². The molecule has 7 heteroatoms. The van der Waals surface area contributed by atoms with Gasteiger partial charge in [0.1, 0.15) is 19.2 Å². The summed E-state index contributed by atoms with van der Waals surface area (Å²) in [6.45, 7) is 3.23. The Morgan fingerprint density at radius 3 is 2.09 bits per heavy atom. The molecule has 0 spiro atoms. The van der Waals surface area contributed by atoms with Gasteiger partial charge in [-0.3, -0.25) is 14.5 Å². The molecule has 2 amide bonds. The summed E-state index contributed by atoms with van der Waals surface area (Å²) in [6, 6.07) is 23.4. The molecule has 0 saturated heterocycles. The first-order chi connectivity index (χ1) is 17.0. The number of anilines is 1. The fourth-order valence-corrected chi connectivity index (χ4v) is 4.40. The second-order valence-electron chi connectivity index (χ2n) is 8.20. The lowest BCUT2D eigenvalue weighted by Crippen LogP contribution is -2.50. The Morgan fingerprint density at radius 1 is 0.943 bits per heavy atom. The number of hydrogen-bond acceptors (Lipinski definition) is 4. The van der Waals surface area contributed by atoms with Gasteiger partial charge in [-0.2, -0.15) is 0 Å². The molecule has 178 valence electrons. The molecule has 0 aromatic heterocycles. The third-order valence-electron chi connectivity index (χ3n) is 5.96. The van der Waals surface area contributed by atoms with Crippen LogP contribution >= 0.6 is 0 Å². The number of ether oxygens (including phenoxy) is 1. The summed E-state index contributed by atoms with van der Waals surface area (Å²) in [4.78, 5) is 38.5. The molecule has 1 atom stereocenters. The molecule has 7 nitrogen and oxygen atoms in total. The van der Waals surface area contributed by atoms with E-state index in [2.05, 4.69) is 11.9 Å². The summed E-state index contributed by atoms with van der Waals surface area (Å²) >= 11 is 0. The minimum Gasteiger partial charge on any atom is -0.480 e. The highest BCUT2D eigenvalue weighted by molar-refractivity contribution is 6.01. The molecular formula is C28H26N2O5. The van der Waals surface area contributed by atoms with E-state index in [1.807, 2.05) is 48.5 Å². The second kappa shape index (κ2) is 10.7. The first-order valence-electron chi connectivity index (χ1n) is 11.3. The van der Waals surface area contributed by atoms with Crippen LogP contribution in [0.1, 0.15) is 23.5 Å². The van der Waals surface area contributed by atoms with E-state index >= 15 is 0 Å². The lowest BCUT2D eigenvalue weighted by atomic mass is 9.98. The highest BCUT2D eigenvalue weighted by Gasteiger charge is 2.31. The summed E-state index contributed by atoms with van der Waals surface area (Å²) in [5, 5.41) is 11.9. The normalized spacial score (nSPS) is 12.7. The van der Waals surface area contributed by atoms with E-state index in [1.54, 1.807) is 30.3 Å². The average molecular weight is 471 g/mol. The summed E-state index contributed by atoms with van der Waals surface area (Å²) < 4.78 is 5.56. The van der Waals surface area contributed by atoms with Crippen molar-refractivity contribution in [3.63, 3.8) is 0 Å². The Bertz CT molecular complexity index is 1200. The van der Waals surface area contributed by atoms with Crippen molar-refractivity contribution < 1.29 is 24.2 Å². The number of carboxylic acids is 1. The number of aliphatic carboxylic acids is 1. The SMILES string of the molecule is C=CCC(NC(=O)OCC1c2ccccc2-c2ccccc21)C(=O)N(CC(=O)O)c1ccccc1. The van der Waals surface area contributed by atoms with Crippen molar-refractivity contribution in [2.75, 3.05) is 18.1 Å². The van der Waals surface area contributed by atoms with Gasteiger partial charge in [0.2, 0.25) is 0 Å². The maximum Gasteiger partial charge on any atom is 0.407 e. The zero-order valence-electron chi connectivity index (χ0n) is 19.1. The Balaban J connectivity index is 1.47. The number of carboxylic acid groups (broad SMARTS) is 1. The van der Waals surface area contributed by atoms with Crippen LogP contribution in [0.4, 0.5) is 10.5 Å². The number of benzene rings is 3. The van der Waals surface area contributed by atoms with Crippen molar-refractivity contribution in [3.8, 4) is 11.1 Å². The van der Waals surface area contributed by atoms with Gasteiger partial charge in [0, 0.05) is 11.6 Å². The van der Waals surface area contributed by atoms with Gasteiger partial charge in [-0.25, -0.2) is 4.79 Å². The summed E-state index contributed by atoms with van der Waals surface area (Å²) in [5.74, 6) is -1.85. The van der Waals surface area contributed by atoms with Gasteiger partial charge in [0.15, 0.2) is 0 Å². The Labute approximate surface area is 203 Å². The molecule has 0 aliphatic heterocycles. The van der Waals surface area contributed by atoms with E-state index in [0.717, 1.165) is 27.2 Å². The smallest absolute Gasteiger partial charge is 0.407 e. The number of nitrogens with one attached hydrogen (secondary N) is 1. The third kappa shape index (κ3) is 5.24. The number of nitrogens with zero attached hydrogens (tertiary/aromatic N) is 1. The lowest BCUT2D eigenvalue weighted by molar-refractivity contribution is -0.136. The predicted octanol–water partition coefficient (Wildman–Crippen LogP) is 4.59. The molecule has 1 aliphatic carbocycles. The number of fused-ring (bicyclic) bond motifs is 3. The standard InChI is InChI=1S/C28H26N2O5/c1-2-10-25(27(33)30(17-26(31)32)19-11-4-3-5-12-19)29-28(34)35-18-24-22-15-8-6-13-20(22)21-14-7-9-16-23(21)24/h2-9,11-16,24-25H,1,10,17-18H2,(H,29,34)(H,31,32). The van der Waals surface area contributed by atoms with Crippen molar-refractivity contribution in [2.45, 2.75) is 18.4 Å².